The van der Waals surface area contributed by atoms with Gasteiger partial charge in [0.1, 0.15) is 5.75 Å². The van der Waals surface area contributed by atoms with E-state index in [4.69, 9.17) is 22.1 Å². The van der Waals surface area contributed by atoms with Crippen molar-refractivity contribution >= 4 is 12.6 Å². The Labute approximate surface area is 151 Å². The first-order valence-corrected chi connectivity index (χ1v) is 9.39. The zero-order chi connectivity index (χ0) is 17.2. The smallest absolute Gasteiger partial charge is 0.156 e. The molecule has 1 saturated carbocycles. The van der Waals surface area contributed by atoms with E-state index in [9.17, 15) is 0 Å². The number of ether oxygens (including phenoxy) is 2. The van der Waals surface area contributed by atoms with E-state index in [-0.39, 0.29) is 6.10 Å². The second-order valence-electron chi connectivity index (χ2n) is 7.33. The van der Waals surface area contributed by atoms with Crippen LogP contribution in [-0.2, 0) is 4.74 Å². The molecular weight excluding hydrogens is 316 g/mol. The van der Waals surface area contributed by atoms with Gasteiger partial charge in [0.25, 0.3) is 0 Å². The van der Waals surface area contributed by atoms with Crippen LogP contribution in [0.25, 0.3) is 0 Å². The summed E-state index contributed by atoms with van der Waals surface area (Å²) in [6.45, 7) is 7.22. The van der Waals surface area contributed by atoms with Gasteiger partial charge in [-0.3, -0.25) is 0 Å². The molecule has 0 heterocycles. The van der Waals surface area contributed by atoms with Gasteiger partial charge in [0.15, 0.2) is 4.93 Å². The molecule has 0 radical (unpaired) electrons. The second kappa shape index (κ2) is 7.37. The van der Waals surface area contributed by atoms with Crippen molar-refractivity contribution in [1.29, 1.82) is 0 Å². The molecule has 3 rings (SSSR count). The molecule has 0 atom stereocenters. The zero-order valence-electron chi connectivity index (χ0n) is 14.9. The van der Waals surface area contributed by atoms with E-state index in [0.717, 1.165) is 31.4 Å². The van der Waals surface area contributed by atoms with E-state index in [1.807, 2.05) is 0 Å². The summed E-state index contributed by atoms with van der Waals surface area (Å²) in [5.41, 5.74) is 3.81. The predicted octanol–water partition coefficient (Wildman–Crippen LogP) is 5.58. The van der Waals surface area contributed by atoms with E-state index in [1.54, 1.807) is 0 Å². The first-order valence-electron chi connectivity index (χ1n) is 8.94. The minimum absolute atomic E-state index is 0.244. The highest BCUT2D eigenvalue weighted by atomic mass is 32.1. The van der Waals surface area contributed by atoms with Crippen LogP contribution in [0.5, 0.6) is 5.75 Å². The Balaban J connectivity index is 1.50. The first kappa shape index (κ1) is 17.6. The van der Waals surface area contributed by atoms with Crippen molar-refractivity contribution in [2.75, 3.05) is 6.61 Å². The van der Waals surface area contributed by atoms with E-state index in [2.05, 4.69) is 57.2 Å². The minimum atomic E-state index is -0.397. The van der Waals surface area contributed by atoms with Gasteiger partial charge in [-0.2, -0.15) is 0 Å². The van der Waals surface area contributed by atoms with Crippen molar-refractivity contribution in [3.8, 4) is 5.75 Å². The third-order valence-corrected chi connectivity index (χ3v) is 5.27. The number of benzene rings is 1. The molecule has 1 fully saturated rings. The van der Waals surface area contributed by atoms with Crippen molar-refractivity contribution in [2.45, 2.75) is 63.4 Å². The van der Waals surface area contributed by atoms with Crippen LogP contribution in [0.2, 0.25) is 0 Å². The standard InChI is InChI=1S/C21H28O2S/c1-15(2)18-9-10-20(16(3)11-18)23-21(24)12-19(13-21)22-14-17-7-5-4-6-8-17/h5,7-11,15,19,24H,4,6,12-14H2,1-3H3. The van der Waals surface area contributed by atoms with Gasteiger partial charge in [-0.25, -0.2) is 0 Å². The highest BCUT2D eigenvalue weighted by Crippen LogP contribution is 2.42. The number of hydrogen-bond acceptors (Lipinski definition) is 3. The van der Waals surface area contributed by atoms with Gasteiger partial charge in [0, 0.05) is 12.8 Å². The number of hydrogen-bond donors (Lipinski definition) is 1. The number of rotatable bonds is 6. The molecule has 0 unspecified atom stereocenters. The van der Waals surface area contributed by atoms with Crippen molar-refractivity contribution < 1.29 is 9.47 Å². The van der Waals surface area contributed by atoms with Crippen molar-refractivity contribution in [1.82, 2.24) is 0 Å². The molecule has 0 N–H and O–H groups in total. The lowest BCUT2D eigenvalue weighted by atomic mass is 9.90. The monoisotopic (exact) mass is 344 g/mol. The van der Waals surface area contributed by atoms with Crippen LogP contribution in [0.15, 0.2) is 42.0 Å². The lowest BCUT2D eigenvalue weighted by molar-refractivity contribution is -0.0694. The Hall–Kier alpha value is -1.19. The van der Waals surface area contributed by atoms with Gasteiger partial charge in [-0.05, 0) is 48.4 Å². The Bertz CT molecular complexity index is 639. The number of thiol groups is 1. The molecule has 0 aromatic heterocycles. The summed E-state index contributed by atoms with van der Waals surface area (Å²) in [5.74, 6) is 1.47. The SMILES string of the molecule is Cc1cc(C(C)C)ccc1OC1(S)CC(OCC2=CCCC=C2)C1. The molecular formula is C21H28O2S. The topological polar surface area (TPSA) is 18.5 Å². The molecule has 0 amide bonds. The summed E-state index contributed by atoms with van der Waals surface area (Å²) >= 11 is 4.75. The van der Waals surface area contributed by atoms with Gasteiger partial charge < -0.3 is 9.47 Å². The largest absolute Gasteiger partial charge is 0.476 e. The Morgan fingerprint density at radius 2 is 2.04 bits per heavy atom. The molecule has 0 spiro atoms. The van der Waals surface area contributed by atoms with Crippen LogP contribution < -0.4 is 4.74 Å². The molecule has 1 aromatic rings. The summed E-state index contributed by atoms with van der Waals surface area (Å²) in [6, 6.07) is 6.44. The molecule has 0 aliphatic heterocycles. The van der Waals surface area contributed by atoms with Gasteiger partial charge in [0.05, 0.1) is 12.7 Å². The summed E-state index contributed by atoms with van der Waals surface area (Å²) in [7, 11) is 0. The molecule has 24 heavy (non-hydrogen) atoms. The zero-order valence-corrected chi connectivity index (χ0v) is 15.8. The fourth-order valence-electron chi connectivity index (χ4n) is 3.19. The molecule has 0 saturated heterocycles. The maximum Gasteiger partial charge on any atom is 0.156 e. The van der Waals surface area contributed by atoms with Gasteiger partial charge in [-0.1, -0.05) is 44.2 Å². The highest BCUT2D eigenvalue weighted by molar-refractivity contribution is 7.81. The average Bonchev–Trinajstić information content (AvgIpc) is 2.53. The summed E-state index contributed by atoms with van der Waals surface area (Å²) < 4.78 is 12.2. The summed E-state index contributed by atoms with van der Waals surface area (Å²) in [6.07, 6.45) is 10.8. The van der Waals surface area contributed by atoms with E-state index >= 15 is 0 Å². The van der Waals surface area contributed by atoms with E-state index in [0.29, 0.717) is 12.5 Å². The number of aryl methyl sites for hydroxylation is 1. The fourth-order valence-corrected chi connectivity index (χ4v) is 3.70. The molecule has 2 nitrogen and oxygen atoms in total. The average molecular weight is 345 g/mol. The normalized spacial score (nSPS) is 26.2. The van der Waals surface area contributed by atoms with Crippen LogP contribution >= 0.6 is 12.6 Å². The van der Waals surface area contributed by atoms with Gasteiger partial charge in [0.2, 0.25) is 0 Å². The van der Waals surface area contributed by atoms with Crippen molar-refractivity contribution in [3.63, 3.8) is 0 Å². The molecule has 130 valence electrons. The second-order valence-corrected chi connectivity index (χ2v) is 8.14. The predicted molar refractivity (Wildman–Crippen MR) is 103 cm³/mol. The molecule has 0 bridgehead atoms. The summed E-state index contributed by atoms with van der Waals surface area (Å²) in [5, 5.41) is 0. The summed E-state index contributed by atoms with van der Waals surface area (Å²) in [4.78, 5) is -0.397. The number of allylic oxidation sites excluding steroid dienone is 2. The van der Waals surface area contributed by atoms with E-state index in [1.165, 1.54) is 16.7 Å². The van der Waals surface area contributed by atoms with Crippen LogP contribution in [0, 0.1) is 6.92 Å². The Morgan fingerprint density at radius 1 is 1.25 bits per heavy atom. The lowest BCUT2D eigenvalue weighted by Gasteiger charge is -2.43. The fraction of sp³-hybridized carbons (Fsp3) is 0.524. The minimum Gasteiger partial charge on any atom is -0.476 e. The molecule has 1 aromatic carbocycles. The van der Waals surface area contributed by atoms with Gasteiger partial charge >= 0.3 is 0 Å². The third kappa shape index (κ3) is 4.25. The molecule has 2 aliphatic carbocycles. The highest BCUT2D eigenvalue weighted by Gasteiger charge is 2.44. The van der Waals surface area contributed by atoms with Crippen LogP contribution in [0.3, 0.4) is 0 Å². The van der Waals surface area contributed by atoms with E-state index < -0.39 is 4.93 Å². The van der Waals surface area contributed by atoms with Crippen LogP contribution in [-0.4, -0.2) is 17.6 Å². The first-order chi connectivity index (χ1) is 11.5. The third-order valence-electron chi connectivity index (χ3n) is 4.82. The van der Waals surface area contributed by atoms with Crippen LogP contribution in [0.4, 0.5) is 0 Å². The molecule has 2 aliphatic rings. The Morgan fingerprint density at radius 3 is 2.67 bits per heavy atom. The lowest BCUT2D eigenvalue weighted by Crippen LogP contribution is -2.48. The van der Waals surface area contributed by atoms with Gasteiger partial charge in [-0.15, -0.1) is 12.6 Å². The molecule has 3 heteroatoms. The van der Waals surface area contributed by atoms with Crippen LogP contribution in [0.1, 0.15) is 56.6 Å². The van der Waals surface area contributed by atoms with Crippen molar-refractivity contribution in [3.05, 3.63) is 53.1 Å². The van der Waals surface area contributed by atoms with Crippen molar-refractivity contribution in [2.24, 2.45) is 0 Å². The maximum atomic E-state index is 6.18. The maximum absolute atomic E-state index is 6.18. The Kier molecular flexibility index (Phi) is 5.41. The quantitative estimate of drug-likeness (QED) is 0.536.